The van der Waals surface area contributed by atoms with Crippen molar-refractivity contribution in [2.75, 3.05) is 6.54 Å². The van der Waals surface area contributed by atoms with Gasteiger partial charge in [-0.2, -0.15) is 0 Å². The van der Waals surface area contributed by atoms with Crippen molar-refractivity contribution in [1.29, 1.82) is 0 Å². The Hall–Kier alpha value is -2.13. The fourth-order valence-electron chi connectivity index (χ4n) is 3.12. The number of rotatable bonds is 1. The van der Waals surface area contributed by atoms with Gasteiger partial charge in [0.2, 0.25) is 0 Å². The third kappa shape index (κ3) is 1.74. The Kier molecular flexibility index (Phi) is 2.60. The van der Waals surface area contributed by atoms with Gasteiger partial charge in [0, 0.05) is 23.1 Å². The van der Waals surface area contributed by atoms with Gasteiger partial charge < -0.3 is 10.3 Å². The summed E-state index contributed by atoms with van der Waals surface area (Å²) in [7, 11) is 0. The Morgan fingerprint density at radius 1 is 1.00 bits per heavy atom. The summed E-state index contributed by atoms with van der Waals surface area (Å²) in [6, 6.07) is 15.3. The number of hydrogen-bond donors (Lipinski definition) is 2. The third-order valence-electron chi connectivity index (χ3n) is 4.06. The Balaban J connectivity index is 1.87. The van der Waals surface area contributed by atoms with Crippen LogP contribution in [0.1, 0.15) is 22.9 Å². The van der Waals surface area contributed by atoms with Gasteiger partial charge in [0.1, 0.15) is 5.82 Å². The maximum absolute atomic E-state index is 13.1. The van der Waals surface area contributed by atoms with E-state index in [4.69, 9.17) is 0 Å². The molecule has 3 aromatic rings. The molecule has 2 heterocycles. The molecular formula is C17H15FN2. The molecule has 1 atom stereocenters. The summed E-state index contributed by atoms with van der Waals surface area (Å²) in [5, 5.41) is 4.82. The standard InChI is InChI=1S/C17H15FN2/c18-12-7-5-11(6-8-12)16-17-14(9-10-19-16)13-3-1-2-4-15(13)20-17/h1-8,16,19-20H,9-10H2/t16-/m1/s1. The second kappa shape index (κ2) is 4.46. The molecule has 0 aliphatic carbocycles. The van der Waals surface area contributed by atoms with Crippen LogP contribution in [0, 0.1) is 5.82 Å². The number of hydrogen-bond acceptors (Lipinski definition) is 1. The smallest absolute Gasteiger partial charge is 0.123 e. The zero-order chi connectivity index (χ0) is 13.5. The van der Waals surface area contributed by atoms with Crippen LogP contribution in [0.3, 0.4) is 0 Å². The van der Waals surface area contributed by atoms with Gasteiger partial charge in [-0.15, -0.1) is 0 Å². The quantitative estimate of drug-likeness (QED) is 0.692. The summed E-state index contributed by atoms with van der Waals surface area (Å²) >= 11 is 0. The predicted molar refractivity (Wildman–Crippen MR) is 78.2 cm³/mol. The minimum atomic E-state index is -0.193. The van der Waals surface area contributed by atoms with Crippen LogP contribution in [0.15, 0.2) is 48.5 Å². The topological polar surface area (TPSA) is 27.8 Å². The number of benzene rings is 2. The number of fused-ring (bicyclic) bond motifs is 3. The fourth-order valence-corrected chi connectivity index (χ4v) is 3.12. The molecular weight excluding hydrogens is 251 g/mol. The molecule has 1 aliphatic rings. The minimum Gasteiger partial charge on any atom is -0.357 e. The molecule has 2 aromatic carbocycles. The normalized spacial score (nSPS) is 18.1. The molecule has 2 N–H and O–H groups in total. The van der Waals surface area contributed by atoms with Gasteiger partial charge in [0.25, 0.3) is 0 Å². The van der Waals surface area contributed by atoms with Crippen molar-refractivity contribution in [1.82, 2.24) is 10.3 Å². The van der Waals surface area contributed by atoms with E-state index in [-0.39, 0.29) is 11.9 Å². The van der Waals surface area contributed by atoms with Crippen LogP contribution >= 0.6 is 0 Å². The zero-order valence-corrected chi connectivity index (χ0v) is 11.0. The molecule has 4 rings (SSSR count). The number of aromatic amines is 1. The molecule has 0 saturated heterocycles. The van der Waals surface area contributed by atoms with Crippen LogP contribution < -0.4 is 5.32 Å². The maximum Gasteiger partial charge on any atom is 0.123 e. The second-order valence-corrected chi connectivity index (χ2v) is 5.25. The number of nitrogens with one attached hydrogen (secondary N) is 2. The highest BCUT2D eigenvalue weighted by molar-refractivity contribution is 5.85. The number of aromatic nitrogens is 1. The molecule has 1 aromatic heterocycles. The van der Waals surface area contributed by atoms with Crippen LogP contribution in [0.5, 0.6) is 0 Å². The lowest BCUT2D eigenvalue weighted by atomic mass is 9.94. The maximum atomic E-state index is 13.1. The van der Waals surface area contributed by atoms with Crippen LogP contribution in [-0.2, 0) is 6.42 Å². The van der Waals surface area contributed by atoms with E-state index < -0.39 is 0 Å². The van der Waals surface area contributed by atoms with Crippen molar-refractivity contribution in [2.45, 2.75) is 12.5 Å². The van der Waals surface area contributed by atoms with Crippen molar-refractivity contribution in [3.8, 4) is 0 Å². The molecule has 20 heavy (non-hydrogen) atoms. The van der Waals surface area contributed by atoms with E-state index in [2.05, 4.69) is 28.5 Å². The summed E-state index contributed by atoms with van der Waals surface area (Å²) < 4.78 is 13.1. The van der Waals surface area contributed by atoms with E-state index in [1.807, 2.05) is 18.2 Å². The molecule has 100 valence electrons. The Labute approximate surface area is 116 Å². The Morgan fingerprint density at radius 2 is 1.80 bits per heavy atom. The summed E-state index contributed by atoms with van der Waals surface area (Å²) in [6.07, 6.45) is 1.02. The Morgan fingerprint density at radius 3 is 2.65 bits per heavy atom. The van der Waals surface area contributed by atoms with Crippen LogP contribution in [-0.4, -0.2) is 11.5 Å². The van der Waals surface area contributed by atoms with Crippen molar-refractivity contribution in [3.05, 3.63) is 71.2 Å². The van der Waals surface area contributed by atoms with E-state index >= 15 is 0 Å². The minimum absolute atomic E-state index is 0.117. The highest BCUT2D eigenvalue weighted by Crippen LogP contribution is 2.33. The summed E-state index contributed by atoms with van der Waals surface area (Å²) in [4.78, 5) is 3.52. The van der Waals surface area contributed by atoms with Crippen molar-refractivity contribution in [2.24, 2.45) is 0 Å². The molecule has 0 bridgehead atoms. The molecule has 3 heteroatoms. The fraction of sp³-hybridized carbons (Fsp3) is 0.176. The lowest BCUT2D eigenvalue weighted by molar-refractivity contribution is 0.558. The van der Waals surface area contributed by atoms with E-state index in [0.717, 1.165) is 18.5 Å². The van der Waals surface area contributed by atoms with Crippen molar-refractivity contribution < 1.29 is 4.39 Å². The van der Waals surface area contributed by atoms with Crippen LogP contribution in [0.25, 0.3) is 10.9 Å². The van der Waals surface area contributed by atoms with Gasteiger partial charge >= 0.3 is 0 Å². The first-order chi connectivity index (χ1) is 9.83. The lowest BCUT2D eigenvalue weighted by Gasteiger charge is -2.24. The van der Waals surface area contributed by atoms with E-state index in [1.54, 1.807) is 0 Å². The first kappa shape index (κ1) is 11.7. The molecule has 0 unspecified atom stereocenters. The lowest BCUT2D eigenvalue weighted by Crippen LogP contribution is -2.30. The van der Waals surface area contributed by atoms with Gasteiger partial charge in [0.15, 0.2) is 0 Å². The second-order valence-electron chi connectivity index (χ2n) is 5.25. The average Bonchev–Trinajstić information content (AvgIpc) is 2.87. The third-order valence-corrected chi connectivity index (χ3v) is 4.06. The number of H-pyrrole nitrogens is 1. The zero-order valence-electron chi connectivity index (χ0n) is 11.0. The van der Waals surface area contributed by atoms with Crippen molar-refractivity contribution in [3.63, 3.8) is 0 Å². The van der Waals surface area contributed by atoms with E-state index in [0.29, 0.717) is 0 Å². The monoisotopic (exact) mass is 266 g/mol. The molecule has 0 saturated carbocycles. The van der Waals surface area contributed by atoms with E-state index in [1.165, 1.54) is 34.3 Å². The molecule has 0 spiro atoms. The largest absolute Gasteiger partial charge is 0.357 e. The molecule has 1 aliphatic heterocycles. The summed E-state index contributed by atoms with van der Waals surface area (Å²) in [5.41, 5.74) is 4.87. The first-order valence-electron chi connectivity index (χ1n) is 6.91. The molecule has 0 amide bonds. The summed E-state index contributed by atoms with van der Waals surface area (Å²) in [6.45, 7) is 0.941. The molecule has 0 radical (unpaired) electrons. The average molecular weight is 266 g/mol. The summed E-state index contributed by atoms with van der Waals surface area (Å²) in [5.74, 6) is -0.193. The highest BCUT2D eigenvalue weighted by atomic mass is 19.1. The Bertz CT molecular complexity index is 758. The van der Waals surface area contributed by atoms with Gasteiger partial charge in [-0.05, 0) is 35.7 Å². The number of para-hydroxylation sites is 1. The van der Waals surface area contributed by atoms with Crippen molar-refractivity contribution >= 4 is 10.9 Å². The van der Waals surface area contributed by atoms with E-state index in [9.17, 15) is 4.39 Å². The van der Waals surface area contributed by atoms with Gasteiger partial charge in [-0.1, -0.05) is 30.3 Å². The predicted octanol–water partition coefficient (Wildman–Crippen LogP) is 3.54. The first-order valence-corrected chi connectivity index (χ1v) is 6.91. The SMILES string of the molecule is Fc1ccc([C@H]2NCCc3c2[nH]c2ccccc32)cc1. The number of halogens is 1. The van der Waals surface area contributed by atoms with Gasteiger partial charge in [0.05, 0.1) is 6.04 Å². The van der Waals surface area contributed by atoms with Crippen LogP contribution in [0.2, 0.25) is 0 Å². The molecule has 0 fully saturated rings. The van der Waals surface area contributed by atoms with Crippen LogP contribution in [0.4, 0.5) is 4.39 Å². The molecule has 2 nitrogen and oxygen atoms in total. The van der Waals surface area contributed by atoms with Gasteiger partial charge in [-0.3, -0.25) is 0 Å². The van der Waals surface area contributed by atoms with Gasteiger partial charge in [-0.25, -0.2) is 4.39 Å². The highest BCUT2D eigenvalue weighted by Gasteiger charge is 2.24.